The molecule has 0 fully saturated rings. The first kappa shape index (κ1) is 8.82. The van der Waals surface area contributed by atoms with Crippen LogP contribution in [0.4, 0.5) is 5.69 Å². The molecule has 0 radical (unpaired) electrons. The van der Waals surface area contributed by atoms with Gasteiger partial charge >= 0.3 is 0 Å². The quantitative estimate of drug-likeness (QED) is 0.322. The maximum absolute atomic E-state index is 5.06. The van der Waals surface area contributed by atoms with Gasteiger partial charge in [-0.25, -0.2) is 15.8 Å². The second-order valence-corrected chi connectivity index (χ2v) is 2.53. The van der Waals surface area contributed by atoms with Gasteiger partial charge in [0.05, 0.1) is 18.1 Å². The summed E-state index contributed by atoms with van der Waals surface area (Å²) in [6, 6.07) is 0. The van der Waals surface area contributed by atoms with E-state index in [1.54, 1.807) is 12.4 Å². The molecule has 64 valence electrons. The molecule has 0 unspecified atom stereocenters. The summed E-state index contributed by atoms with van der Waals surface area (Å²) in [4.78, 5) is 7.93. The largest absolute Gasteiger partial charge is 0.329 e. The molecular weight excluding hydrogens is 174 g/mol. The molecule has 0 spiro atoms. The van der Waals surface area contributed by atoms with Crippen molar-refractivity contribution in [1.29, 1.82) is 0 Å². The van der Waals surface area contributed by atoms with Crippen molar-refractivity contribution >= 4 is 23.0 Å². The molecule has 0 atom stereocenters. The highest BCUT2D eigenvalue weighted by Crippen LogP contribution is 2.00. The lowest BCUT2D eigenvalue weighted by Crippen LogP contribution is -2.34. The molecule has 1 heterocycles. The van der Waals surface area contributed by atoms with Crippen molar-refractivity contribution in [2.24, 2.45) is 5.84 Å². The van der Waals surface area contributed by atoms with Crippen molar-refractivity contribution in [1.82, 2.24) is 15.4 Å². The Morgan fingerprint density at radius 1 is 1.50 bits per heavy atom. The number of hydrazine groups is 1. The van der Waals surface area contributed by atoms with Gasteiger partial charge < -0.3 is 10.7 Å². The third-order valence-electron chi connectivity index (χ3n) is 1.17. The highest BCUT2D eigenvalue weighted by Gasteiger charge is 1.94. The second-order valence-electron chi connectivity index (χ2n) is 2.12. The predicted molar refractivity (Wildman–Crippen MR) is 50.3 cm³/mol. The van der Waals surface area contributed by atoms with E-state index in [-0.39, 0.29) is 0 Å². The summed E-state index contributed by atoms with van der Waals surface area (Å²) < 4.78 is 0. The molecule has 0 saturated carbocycles. The number of rotatable bonds is 1. The summed E-state index contributed by atoms with van der Waals surface area (Å²) in [6.07, 6.45) is 3.26. The number of nitrogens with one attached hydrogen (secondary N) is 2. The first-order valence-corrected chi connectivity index (χ1v) is 3.69. The van der Waals surface area contributed by atoms with E-state index >= 15 is 0 Å². The van der Waals surface area contributed by atoms with E-state index in [0.29, 0.717) is 16.6 Å². The van der Waals surface area contributed by atoms with Gasteiger partial charge in [-0.2, -0.15) is 0 Å². The maximum Gasteiger partial charge on any atom is 0.185 e. The fraction of sp³-hybridized carbons (Fsp3) is 0.167. The highest BCUT2D eigenvalue weighted by atomic mass is 32.1. The number of hydrogen-bond acceptors (Lipinski definition) is 4. The monoisotopic (exact) mass is 183 g/mol. The molecule has 0 amide bonds. The topological polar surface area (TPSA) is 75.9 Å². The number of thiocarbonyl (C=S) groups is 1. The van der Waals surface area contributed by atoms with E-state index in [0.717, 1.165) is 0 Å². The Labute approximate surface area is 75.4 Å². The molecule has 12 heavy (non-hydrogen) atoms. The van der Waals surface area contributed by atoms with E-state index in [2.05, 4.69) is 20.7 Å². The molecule has 1 aromatic heterocycles. The van der Waals surface area contributed by atoms with Crippen molar-refractivity contribution in [3.8, 4) is 0 Å². The van der Waals surface area contributed by atoms with Crippen molar-refractivity contribution in [3.63, 3.8) is 0 Å². The number of hydrogen-bond donors (Lipinski definition) is 3. The zero-order chi connectivity index (χ0) is 8.97. The van der Waals surface area contributed by atoms with Gasteiger partial charge in [0.1, 0.15) is 5.82 Å². The summed E-state index contributed by atoms with van der Waals surface area (Å²) in [5.74, 6) is 5.77. The summed E-state index contributed by atoms with van der Waals surface area (Å²) in [7, 11) is 0. The maximum atomic E-state index is 5.06. The van der Waals surface area contributed by atoms with Crippen LogP contribution >= 0.6 is 12.2 Å². The Kier molecular flexibility index (Phi) is 2.89. The van der Waals surface area contributed by atoms with E-state index in [1.165, 1.54) is 0 Å². The van der Waals surface area contributed by atoms with Crippen molar-refractivity contribution in [3.05, 3.63) is 18.2 Å². The molecule has 0 aromatic carbocycles. The zero-order valence-electron chi connectivity index (χ0n) is 6.53. The number of aryl methyl sites for hydroxylation is 1. The van der Waals surface area contributed by atoms with Crippen LogP contribution in [-0.2, 0) is 0 Å². The molecule has 5 nitrogen and oxygen atoms in total. The molecule has 0 aliphatic heterocycles. The minimum atomic E-state index is 0.336. The second kappa shape index (κ2) is 3.93. The predicted octanol–water partition coefficient (Wildman–Crippen LogP) is -0.0549. The molecule has 0 aliphatic carbocycles. The average Bonchev–Trinajstić information content (AvgIpc) is 2.09. The summed E-state index contributed by atoms with van der Waals surface area (Å²) in [5.41, 5.74) is 3.00. The van der Waals surface area contributed by atoms with Gasteiger partial charge in [0, 0.05) is 0 Å². The van der Waals surface area contributed by atoms with Gasteiger partial charge in [-0.05, 0) is 19.1 Å². The Morgan fingerprint density at radius 3 is 2.58 bits per heavy atom. The highest BCUT2D eigenvalue weighted by molar-refractivity contribution is 7.80. The van der Waals surface area contributed by atoms with Crippen molar-refractivity contribution in [2.75, 3.05) is 5.32 Å². The van der Waals surface area contributed by atoms with Crippen LogP contribution in [0.15, 0.2) is 12.4 Å². The lowest BCUT2D eigenvalue weighted by Gasteiger charge is -2.04. The molecule has 1 rings (SSSR count). The summed E-state index contributed by atoms with van der Waals surface area (Å²) >= 11 is 4.77. The molecule has 0 aliphatic rings. The van der Waals surface area contributed by atoms with Gasteiger partial charge in [-0.15, -0.1) is 0 Å². The smallest absolute Gasteiger partial charge is 0.185 e. The minimum absolute atomic E-state index is 0.336. The Balaban J connectivity index is 2.64. The standard InChI is InChI=1S/C6H9N5S/c1-4-8-2-5(3-9-4)10-6(12)11-7/h2-3H,7H2,1H3,(H2,10,11,12). The third kappa shape index (κ3) is 2.40. The molecule has 0 saturated heterocycles. The van der Waals surface area contributed by atoms with Gasteiger partial charge in [0.2, 0.25) is 0 Å². The normalized spacial score (nSPS) is 9.17. The van der Waals surface area contributed by atoms with Gasteiger partial charge in [-0.3, -0.25) is 0 Å². The van der Waals surface area contributed by atoms with Crippen molar-refractivity contribution in [2.45, 2.75) is 6.92 Å². The van der Waals surface area contributed by atoms with E-state index in [4.69, 9.17) is 18.1 Å². The van der Waals surface area contributed by atoms with Gasteiger partial charge in [-0.1, -0.05) is 0 Å². The zero-order valence-corrected chi connectivity index (χ0v) is 7.35. The van der Waals surface area contributed by atoms with Gasteiger partial charge in [0.25, 0.3) is 0 Å². The Morgan fingerprint density at radius 2 is 2.08 bits per heavy atom. The van der Waals surface area contributed by atoms with Crippen LogP contribution in [0.3, 0.4) is 0 Å². The van der Waals surface area contributed by atoms with E-state index < -0.39 is 0 Å². The Hall–Kier alpha value is -1.27. The number of aromatic nitrogens is 2. The van der Waals surface area contributed by atoms with Crippen LogP contribution in [0, 0.1) is 6.92 Å². The number of nitrogens with two attached hydrogens (primary N) is 1. The van der Waals surface area contributed by atoms with Crippen LogP contribution in [0.25, 0.3) is 0 Å². The van der Waals surface area contributed by atoms with Gasteiger partial charge in [0.15, 0.2) is 5.11 Å². The lowest BCUT2D eigenvalue weighted by atomic mass is 10.5. The van der Waals surface area contributed by atoms with Crippen LogP contribution in [-0.4, -0.2) is 15.1 Å². The Bertz CT molecular complexity index is 270. The first-order valence-electron chi connectivity index (χ1n) is 3.28. The van der Waals surface area contributed by atoms with Crippen LogP contribution in [0.2, 0.25) is 0 Å². The minimum Gasteiger partial charge on any atom is -0.329 e. The molecular formula is C6H9N5S. The van der Waals surface area contributed by atoms with E-state index in [1.807, 2.05) is 6.92 Å². The molecule has 1 aromatic rings. The van der Waals surface area contributed by atoms with Crippen molar-refractivity contribution < 1.29 is 0 Å². The summed E-state index contributed by atoms with van der Waals surface area (Å²) in [5, 5.41) is 3.12. The fourth-order valence-electron chi connectivity index (χ4n) is 0.624. The molecule has 6 heteroatoms. The fourth-order valence-corrected chi connectivity index (χ4v) is 0.742. The van der Waals surface area contributed by atoms with Crippen LogP contribution in [0.1, 0.15) is 5.82 Å². The first-order chi connectivity index (χ1) is 5.72. The third-order valence-corrected chi connectivity index (χ3v) is 1.39. The van der Waals surface area contributed by atoms with E-state index in [9.17, 15) is 0 Å². The molecule has 0 bridgehead atoms. The van der Waals surface area contributed by atoms with Crippen LogP contribution in [0.5, 0.6) is 0 Å². The SMILES string of the molecule is Cc1ncc(NC(=S)NN)cn1. The van der Waals surface area contributed by atoms with Crippen LogP contribution < -0.4 is 16.6 Å². The average molecular weight is 183 g/mol. The number of nitrogens with zero attached hydrogens (tertiary/aromatic N) is 2. The lowest BCUT2D eigenvalue weighted by molar-refractivity contribution is 1.03. The summed E-state index contributed by atoms with van der Waals surface area (Å²) in [6.45, 7) is 1.81. The molecule has 4 N–H and O–H groups in total. The number of anilines is 1.